The minimum atomic E-state index is -0.223. The van der Waals surface area contributed by atoms with Crippen LogP contribution in [0.15, 0.2) is 29.6 Å². The monoisotopic (exact) mass is 221 g/mol. The van der Waals surface area contributed by atoms with Crippen LogP contribution in [-0.2, 0) is 6.54 Å². The Bertz CT molecular complexity index is 476. The first-order valence-electron chi connectivity index (χ1n) is 4.74. The van der Waals surface area contributed by atoms with Crippen molar-refractivity contribution in [3.05, 3.63) is 45.9 Å². The fourth-order valence-corrected chi connectivity index (χ4v) is 2.20. The Morgan fingerprint density at radius 1 is 1.27 bits per heavy atom. The first-order chi connectivity index (χ1) is 7.20. The zero-order chi connectivity index (χ0) is 10.8. The molecule has 1 aromatic heterocycles. The Hall–Kier alpha value is -1.19. The molecule has 1 aromatic carbocycles. The smallest absolute Gasteiger partial charge is 0.128 e. The molecule has 15 heavy (non-hydrogen) atoms. The molecule has 3 heteroatoms. The summed E-state index contributed by atoms with van der Waals surface area (Å²) in [4.78, 5) is 1.23. The molecule has 0 fully saturated rings. The fraction of sp³-hybridized carbons (Fsp3) is 0.167. The van der Waals surface area contributed by atoms with Crippen LogP contribution in [0.3, 0.4) is 0 Å². The van der Waals surface area contributed by atoms with E-state index in [0.717, 1.165) is 11.1 Å². The SMILES string of the molecule is Cc1cc(-c2ccc(CN)c(F)c2)cs1. The van der Waals surface area contributed by atoms with Gasteiger partial charge in [-0.1, -0.05) is 12.1 Å². The Balaban J connectivity index is 2.42. The maximum atomic E-state index is 13.5. The molecule has 0 saturated heterocycles. The van der Waals surface area contributed by atoms with E-state index in [9.17, 15) is 4.39 Å². The highest BCUT2D eigenvalue weighted by Gasteiger charge is 2.04. The molecule has 0 aliphatic carbocycles. The molecule has 0 radical (unpaired) electrons. The van der Waals surface area contributed by atoms with Crippen molar-refractivity contribution in [2.24, 2.45) is 5.73 Å². The summed E-state index contributed by atoms with van der Waals surface area (Å²) in [5.74, 6) is -0.223. The van der Waals surface area contributed by atoms with Crippen LogP contribution in [0, 0.1) is 12.7 Å². The number of rotatable bonds is 2. The summed E-state index contributed by atoms with van der Waals surface area (Å²) < 4.78 is 13.5. The molecular formula is C12H12FNS. The Morgan fingerprint density at radius 2 is 2.07 bits per heavy atom. The summed E-state index contributed by atoms with van der Waals surface area (Å²) in [6.07, 6.45) is 0. The van der Waals surface area contributed by atoms with Crippen LogP contribution in [0.2, 0.25) is 0 Å². The number of halogens is 1. The second-order valence-corrected chi connectivity index (χ2v) is 4.57. The Labute approximate surface area is 92.4 Å². The van der Waals surface area contributed by atoms with Gasteiger partial charge in [0, 0.05) is 17.0 Å². The van der Waals surface area contributed by atoms with Crippen molar-refractivity contribution in [1.29, 1.82) is 0 Å². The van der Waals surface area contributed by atoms with Crippen molar-refractivity contribution in [2.45, 2.75) is 13.5 Å². The van der Waals surface area contributed by atoms with Gasteiger partial charge < -0.3 is 5.73 Å². The normalized spacial score (nSPS) is 10.6. The van der Waals surface area contributed by atoms with Crippen molar-refractivity contribution in [3.63, 3.8) is 0 Å². The van der Waals surface area contributed by atoms with Crippen LogP contribution < -0.4 is 5.73 Å². The molecule has 1 heterocycles. The zero-order valence-electron chi connectivity index (χ0n) is 8.46. The fourth-order valence-electron chi connectivity index (χ4n) is 1.49. The summed E-state index contributed by atoms with van der Waals surface area (Å²) in [7, 11) is 0. The van der Waals surface area contributed by atoms with E-state index in [1.165, 1.54) is 4.88 Å². The quantitative estimate of drug-likeness (QED) is 0.827. The van der Waals surface area contributed by atoms with Crippen LogP contribution >= 0.6 is 11.3 Å². The van der Waals surface area contributed by atoms with Gasteiger partial charge in [-0.3, -0.25) is 0 Å². The number of thiophene rings is 1. The van der Waals surface area contributed by atoms with Gasteiger partial charge in [-0.25, -0.2) is 4.39 Å². The highest BCUT2D eigenvalue weighted by molar-refractivity contribution is 7.10. The molecular weight excluding hydrogens is 209 g/mol. The van der Waals surface area contributed by atoms with Crippen molar-refractivity contribution >= 4 is 11.3 Å². The third kappa shape index (κ3) is 2.08. The van der Waals surface area contributed by atoms with E-state index >= 15 is 0 Å². The lowest BCUT2D eigenvalue weighted by atomic mass is 10.1. The summed E-state index contributed by atoms with van der Waals surface area (Å²) in [5.41, 5.74) is 7.95. The van der Waals surface area contributed by atoms with Gasteiger partial charge in [0.2, 0.25) is 0 Å². The lowest BCUT2D eigenvalue weighted by Gasteiger charge is -2.02. The van der Waals surface area contributed by atoms with Gasteiger partial charge in [0.1, 0.15) is 5.82 Å². The second-order valence-electron chi connectivity index (χ2n) is 3.46. The van der Waals surface area contributed by atoms with Crippen LogP contribution in [0.25, 0.3) is 11.1 Å². The first-order valence-corrected chi connectivity index (χ1v) is 5.62. The van der Waals surface area contributed by atoms with Crippen molar-refractivity contribution in [2.75, 3.05) is 0 Å². The topological polar surface area (TPSA) is 26.0 Å². The largest absolute Gasteiger partial charge is 0.326 e. The van der Waals surface area contributed by atoms with Crippen molar-refractivity contribution < 1.29 is 4.39 Å². The maximum Gasteiger partial charge on any atom is 0.128 e. The molecule has 0 spiro atoms. The van der Waals surface area contributed by atoms with Gasteiger partial charge in [0.15, 0.2) is 0 Å². The van der Waals surface area contributed by atoms with E-state index in [1.54, 1.807) is 23.5 Å². The first kappa shape index (κ1) is 10.3. The summed E-state index contributed by atoms with van der Waals surface area (Å²) in [6.45, 7) is 2.29. The molecule has 2 aromatic rings. The predicted molar refractivity (Wildman–Crippen MR) is 62.3 cm³/mol. The average molecular weight is 221 g/mol. The number of hydrogen-bond acceptors (Lipinski definition) is 2. The second kappa shape index (κ2) is 4.13. The standard InChI is InChI=1S/C12H12FNS/c1-8-4-11(7-15-8)9-2-3-10(6-14)12(13)5-9/h2-5,7H,6,14H2,1H3. The van der Waals surface area contributed by atoms with E-state index in [0.29, 0.717) is 5.56 Å². The van der Waals surface area contributed by atoms with Crippen molar-refractivity contribution in [3.8, 4) is 11.1 Å². The van der Waals surface area contributed by atoms with Crippen LogP contribution in [0.5, 0.6) is 0 Å². The van der Waals surface area contributed by atoms with E-state index in [1.807, 2.05) is 18.4 Å². The average Bonchev–Trinajstić information content (AvgIpc) is 2.65. The zero-order valence-corrected chi connectivity index (χ0v) is 9.27. The highest BCUT2D eigenvalue weighted by Crippen LogP contribution is 2.26. The Morgan fingerprint density at radius 3 is 2.60 bits per heavy atom. The third-order valence-electron chi connectivity index (χ3n) is 2.34. The van der Waals surface area contributed by atoms with Crippen LogP contribution in [0.1, 0.15) is 10.4 Å². The maximum absolute atomic E-state index is 13.5. The molecule has 0 saturated carbocycles. The predicted octanol–water partition coefficient (Wildman–Crippen LogP) is 3.32. The molecule has 0 atom stereocenters. The number of benzene rings is 1. The van der Waals surface area contributed by atoms with E-state index < -0.39 is 0 Å². The number of nitrogens with two attached hydrogens (primary N) is 1. The number of hydrogen-bond donors (Lipinski definition) is 1. The molecule has 0 unspecified atom stereocenters. The summed E-state index contributed by atoms with van der Waals surface area (Å²) >= 11 is 1.67. The van der Waals surface area contributed by atoms with Gasteiger partial charge >= 0.3 is 0 Å². The third-order valence-corrected chi connectivity index (χ3v) is 3.20. The van der Waals surface area contributed by atoms with Gasteiger partial charge in [-0.05, 0) is 35.6 Å². The lowest BCUT2D eigenvalue weighted by molar-refractivity contribution is 0.611. The van der Waals surface area contributed by atoms with E-state index in [4.69, 9.17) is 5.73 Å². The Kier molecular flexibility index (Phi) is 2.84. The molecule has 0 bridgehead atoms. The molecule has 2 rings (SSSR count). The lowest BCUT2D eigenvalue weighted by Crippen LogP contribution is -1.99. The molecule has 0 aliphatic rings. The summed E-state index contributed by atoms with van der Waals surface area (Å²) in [6, 6.07) is 7.26. The van der Waals surface area contributed by atoms with E-state index in [-0.39, 0.29) is 12.4 Å². The van der Waals surface area contributed by atoms with Gasteiger partial charge in [-0.15, -0.1) is 11.3 Å². The molecule has 0 aliphatic heterocycles. The van der Waals surface area contributed by atoms with Gasteiger partial charge in [0.25, 0.3) is 0 Å². The van der Waals surface area contributed by atoms with Crippen molar-refractivity contribution in [1.82, 2.24) is 0 Å². The molecule has 1 nitrogen and oxygen atoms in total. The van der Waals surface area contributed by atoms with Gasteiger partial charge in [0.05, 0.1) is 0 Å². The molecule has 2 N–H and O–H groups in total. The van der Waals surface area contributed by atoms with E-state index in [2.05, 4.69) is 6.07 Å². The molecule has 0 amide bonds. The molecule has 78 valence electrons. The highest BCUT2D eigenvalue weighted by atomic mass is 32.1. The van der Waals surface area contributed by atoms with Gasteiger partial charge in [-0.2, -0.15) is 0 Å². The van der Waals surface area contributed by atoms with Crippen LogP contribution in [-0.4, -0.2) is 0 Å². The number of aryl methyl sites for hydroxylation is 1. The van der Waals surface area contributed by atoms with Crippen LogP contribution in [0.4, 0.5) is 4.39 Å². The minimum Gasteiger partial charge on any atom is -0.326 e. The summed E-state index contributed by atoms with van der Waals surface area (Å²) in [5, 5.41) is 2.03. The minimum absolute atomic E-state index is 0.223.